The lowest BCUT2D eigenvalue weighted by Gasteiger charge is -2.16. The maximum Gasteiger partial charge on any atom is 0.263 e. The van der Waals surface area contributed by atoms with Gasteiger partial charge in [0.25, 0.3) is 5.91 Å². The fourth-order valence-electron chi connectivity index (χ4n) is 2.91. The lowest BCUT2D eigenvalue weighted by molar-refractivity contribution is 0.0952. The van der Waals surface area contributed by atoms with Gasteiger partial charge in [-0.3, -0.25) is 4.79 Å². The molecule has 8 heteroatoms. The van der Waals surface area contributed by atoms with Crippen molar-refractivity contribution in [2.45, 2.75) is 24.3 Å². The quantitative estimate of drug-likeness (QED) is 0.819. The topological polar surface area (TPSA) is 69.7 Å². The molecular formula is C18H23N3O3S2. The fourth-order valence-corrected chi connectivity index (χ4v) is 5.74. The lowest BCUT2D eigenvalue weighted by Crippen LogP contribution is -2.30. The van der Waals surface area contributed by atoms with E-state index in [1.54, 1.807) is 5.38 Å². The van der Waals surface area contributed by atoms with Crippen molar-refractivity contribution in [2.75, 3.05) is 32.1 Å². The summed E-state index contributed by atoms with van der Waals surface area (Å²) in [7, 11) is 0.345. The van der Waals surface area contributed by atoms with Crippen LogP contribution in [0.4, 0.5) is 5.69 Å². The number of carbonyl (C=O) groups is 1. The second kappa shape index (κ2) is 7.77. The molecule has 1 amide bonds. The third kappa shape index (κ3) is 3.92. The van der Waals surface area contributed by atoms with Crippen LogP contribution in [0, 0.1) is 0 Å². The molecular weight excluding hydrogens is 370 g/mol. The predicted octanol–water partition coefficient (Wildman–Crippen LogP) is 2.53. The number of nitrogens with zero attached hydrogens (tertiary/aromatic N) is 2. The highest BCUT2D eigenvalue weighted by molar-refractivity contribution is 7.89. The Bertz CT molecular complexity index is 867. The molecule has 0 bridgehead atoms. The molecule has 1 fully saturated rings. The number of sulfonamides is 1. The van der Waals surface area contributed by atoms with Crippen molar-refractivity contribution in [2.24, 2.45) is 0 Å². The molecule has 1 aliphatic heterocycles. The number of anilines is 1. The van der Waals surface area contributed by atoms with Crippen LogP contribution in [-0.4, -0.2) is 45.8 Å². The fraction of sp³-hybridized carbons (Fsp3) is 0.389. The summed E-state index contributed by atoms with van der Waals surface area (Å²) in [5.41, 5.74) is 2.04. The number of benzene rings is 1. The van der Waals surface area contributed by atoms with Crippen LogP contribution in [0.3, 0.4) is 0 Å². The first kappa shape index (κ1) is 18.9. The number of hydrogen-bond acceptors (Lipinski definition) is 5. The SMILES string of the molecule is CN(C)c1ccc(CNC(=O)c2sccc2S(=O)(=O)N2CCCC2)cc1. The molecule has 26 heavy (non-hydrogen) atoms. The van der Waals surface area contributed by atoms with Crippen molar-refractivity contribution in [3.05, 3.63) is 46.2 Å². The number of amides is 1. The van der Waals surface area contributed by atoms with E-state index in [-0.39, 0.29) is 15.7 Å². The molecule has 1 aromatic heterocycles. The van der Waals surface area contributed by atoms with Crippen molar-refractivity contribution in [1.29, 1.82) is 0 Å². The molecule has 1 saturated heterocycles. The molecule has 0 saturated carbocycles. The molecule has 1 aliphatic rings. The molecule has 0 aliphatic carbocycles. The molecule has 140 valence electrons. The molecule has 0 radical (unpaired) electrons. The third-order valence-electron chi connectivity index (χ3n) is 4.42. The van der Waals surface area contributed by atoms with Crippen LogP contribution in [-0.2, 0) is 16.6 Å². The van der Waals surface area contributed by atoms with Gasteiger partial charge in [0.1, 0.15) is 9.77 Å². The molecule has 0 unspecified atom stereocenters. The Kier molecular flexibility index (Phi) is 5.64. The van der Waals surface area contributed by atoms with Gasteiger partial charge in [-0.05, 0) is 42.0 Å². The molecule has 2 aromatic rings. The highest BCUT2D eigenvalue weighted by atomic mass is 32.2. The van der Waals surface area contributed by atoms with Crippen molar-refractivity contribution in [3.8, 4) is 0 Å². The zero-order chi connectivity index (χ0) is 18.7. The zero-order valence-corrected chi connectivity index (χ0v) is 16.6. The maximum atomic E-state index is 12.7. The summed E-state index contributed by atoms with van der Waals surface area (Å²) in [5, 5.41) is 4.48. The summed E-state index contributed by atoms with van der Waals surface area (Å²) in [4.78, 5) is 14.9. The Labute approximate surface area is 158 Å². The summed E-state index contributed by atoms with van der Waals surface area (Å²) in [5.74, 6) is -0.352. The van der Waals surface area contributed by atoms with Gasteiger partial charge in [0.05, 0.1) is 0 Å². The summed E-state index contributed by atoms with van der Waals surface area (Å²) >= 11 is 1.16. The van der Waals surface area contributed by atoms with Crippen molar-refractivity contribution in [3.63, 3.8) is 0 Å². The van der Waals surface area contributed by atoms with E-state index in [1.165, 1.54) is 10.4 Å². The van der Waals surface area contributed by atoms with E-state index in [1.807, 2.05) is 43.3 Å². The van der Waals surface area contributed by atoms with E-state index >= 15 is 0 Å². The maximum absolute atomic E-state index is 12.7. The van der Waals surface area contributed by atoms with Gasteiger partial charge in [0, 0.05) is 39.4 Å². The van der Waals surface area contributed by atoms with E-state index in [2.05, 4.69) is 5.32 Å². The monoisotopic (exact) mass is 393 g/mol. The molecule has 1 N–H and O–H groups in total. The minimum absolute atomic E-state index is 0.116. The van der Waals surface area contributed by atoms with Crippen LogP contribution in [0.1, 0.15) is 28.1 Å². The number of rotatable bonds is 6. The molecule has 3 rings (SSSR count). The molecule has 6 nitrogen and oxygen atoms in total. The molecule has 1 aromatic carbocycles. The van der Waals surface area contributed by atoms with E-state index in [0.29, 0.717) is 19.6 Å². The molecule has 2 heterocycles. The van der Waals surface area contributed by atoms with Gasteiger partial charge in [0.15, 0.2) is 0 Å². The predicted molar refractivity (Wildman–Crippen MR) is 104 cm³/mol. The van der Waals surface area contributed by atoms with Gasteiger partial charge in [-0.2, -0.15) is 4.31 Å². The Morgan fingerprint density at radius 3 is 2.42 bits per heavy atom. The van der Waals surface area contributed by atoms with E-state index < -0.39 is 10.0 Å². The number of thiophene rings is 1. The van der Waals surface area contributed by atoms with Gasteiger partial charge in [-0.1, -0.05) is 12.1 Å². The van der Waals surface area contributed by atoms with Crippen LogP contribution < -0.4 is 10.2 Å². The van der Waals surface area contributed by atoms with E-state index in [9.17, 15) is 13.2 Å². The Morgan fingerprint density at radius 1 is 1.15 bits per heavy atom. The molecule has 0 atom stereocenters. The van der Waals surface area contributed by atoms with Crippen LogP contribution in [0.25, 0.3) is 0 Å². The largest absolute Gasteiger partial charge is 0.378 e. The van der Waals surface area contributed by atoms with Gasteiger partial charge in [-0.25, -0.2) is 8.42 Å². The van der Waals surface area contributed by atoms with Gasteiger partial charge in [0.2, 0.25) is 10.0 Å². The van der Waals surface area contributed by atoms with E-state index in [4.69, 9.17) is 0 Å². The minimum atomic E-state index is -3.59. The van der Waals surface area contributed by atoms with Gasteiger partial charge < -0.3 is 10.2 Å². The normalized spacial score (nSPS) is 15.2. The van der Waals surface area contributed by atoms with Crippen LogP contribution in [0.15, 0.2) is 40.6 Å². The van der Waals surface area contributed by atoms with Gasteiger partial charge >= 0.3 is 0 Å². The number of hydrogen-bond donors (Lipinski definition) is 1. The number of carbonyl (C=O) groups excluding carboxylic acids is 1. The Hall–Kier alpha value is -1.90. The summed E-state index contributed by atoms with van der Waals surface area (Å²) in [6.45, 7) is 1.41. The van der Waals surface area contributed by atoms with Crippen molar-refractivity contribution < 1.29 is 13.2 Å². The summed E-state index contributed by atoms with van der Waals surface area (Å²) in [6, 6.07) is 9.39. The Balaban J connectivity index is 1.70. The highest BCUT2D eigenvalue weighted by Crippen LogP contribution is 2.27. The van der Waals surface area contributed by atoms with Crippen molar-refractivity contribution in [1.82, 2.24) is 9.62 Å². The zero-order valence-electron chi connectivity index (χ0n) is 14.9. The first-order chi connectivity index (χ1) is 12.4. The van der Waals surface area contributed by atoms with Crippen LogP contribution in [0.5, 0.6) is 0 Å². The Morgan fingerprint density at radius 2 is 1.81 bits per heavy atom. The number of nitrogens with one attached hydrogen (secondary N) is 1. The lowest BCUT2D eigenvalue weighted by atomic mass is 10.2. The highest BCUT2D eigenvalue weighted by Gasteiger charge is 2.31. The van der Waals surface area contributed by atoms with E-state index in [0.717, 1.165) is 35.4 Å². The average Bonchev–Trinajstić information content (AvgIpc) is 3.31. The first-order valence-corrected chi connectivity index (χ1v) is 10.8. The summed E-state index contributed by atoms with van der Waals surface area (Å²) < 4.78 is 27.0. The second-order valence-corrected chi connectivity index (χ2v) is 9.29. The molecule has 0 spiro atoms. The van der Waals surface area contributed by atoms with Gasteiger partial charge in [-0.15, -0.1) is 11.3 Å². The first-order valence-electron chi connectivity index (χ1n) is 8.51. The van der Waals surface area contributed by atoms with Crippen LogP contribution in [0.2, 0.25) is 0 Å². The standard InChI is InChI=1S/C18H23N3O3S2/c1-20(2)15-7-5-14(6-8-15)13-19-18(22)17-16(9-12-25-17)26(23,24)21-10-3-4-11-21/h5-9,12H,3-4,10-11,13H2,1-2H3,(H,19,22). The van der Waals surface area contributed by atoms with Crippen molar-refractivity contribution >= 4 is 33.0 Å². The third-order valence-corrected chi connectivity index (χ3v) is 7.41. The van der Waals surface area contributed by atoms with Crippen LogP contribution >= 0.6 is 11.3 Å². The second-order valence-electron chi connectivity index (χ2n) is 6.47. The average molecular weight is 394 g/mol. The summed E-state index contributed by atoms with van der Waals surface area (Å²) in [6.07, 6.45) is 1.74. The smallest absolute Gasteiger partial charge is 0.263 e. The minimum Gasteiger partial charge on any atom is -0.378 e.